The van der Waals surface area contributed by atoms with Gasteiger partial charge >= 0.3 is 11.8 Å². The minimum absolute atomic E-state index is 0.221. The van der Waals surface area contributed by atoms with Gasteiger partial charge in [-0.05, 0) is 6.07 Å². The molecule has 26 heavy (non-hydrogen) atoms. The molecule has 0 unspecified atom stereocenters. The van der Waals surface area contributed by atoms with Gasteiger partial charge < -0.3 is 0 Å². The molecule has 7 nitrogen and oxygen atoms in total. The summed E-state index contributed by atoms with van der Waals surface area (Å²) in [4.78, 5) is 23.7. The second kappa shape index (κ2) is 8.32. The van der Waals surface area contributed by atoms with Gasteiger partial charge in [0.05, 0.1) is 6.21 Å². The number of hydrogen-bond donors (Lipinski definition) is 2. The van der Waals surface area contributed by atoms with E-state index in [0.29, 0.717) is 15.6 Å². The first kappa shape index (κ1) is 17.7. The molecule has 9 heteroatoms. The summed E-state index contributed by atoms with van der Waals surface area (Å²) in [5.41, 5.74) is 3.62. The Balaban J connectivity index is 1.57. The Morgan fingerprint density at radius 2 is 1.73 bits per heavy atom. The van der Waals surface area contributed by atoms with Gasteiger partial charge in [-0.15, -0.1) is 10.2 Å². The zero-order valence-electron chi connectivity index (χ0n) is 13.2. The second-order valence-corrected chi connectivity index (χ2v) is 6.34. The number of benzene rings is 2. The average Bonchev–Trinajstić information content (AvgIpc) is 3.12. The molecule has 0 aliphatic rings. The molecule has 0 spiro atoms. The van der Waals surface area contributed by atoms with Crippen LogP contribution in [0.2, 0.25) is 5.02 Å². The Kier molecular flexibility index (Phi) is 5.67. The smallest absolute Gasteiger partial charge is 0.292 e. The fourth-order valence-corrected chi connectivity index (χ4v) is 2.84. The van der Waals surface area contributed by atoms with E-state index in [-0.39, 0.29) is 5.13 Å². The molecule has 3 rings (SSSR count). The molecule has 130 valence electrons. The summed E-state index contributed by atoms with van der Waals surface area (Å²) in [5.74, 6) is -1.82. The van der Waals surface area contributed by atoms with E-state index in [1.807, 2.05) is 30.3 Å². The lowest BCUT2D eigenvalue weighted by molar-refractivity contribution is -0.136. The van der Waals surface area contributed by atoms with Crippen molar-refractivity contribution in [3.05, 3.63) is 65.2 Å². The van der Waals surface area contributed by atoms with Crippen LogP contribution in [0.4, 0.5) is 5.13 Å². The van der Waals surface area contributed by atoms with Crippen molar-refractivity contribution in [3.63, 3.8) is 0 Å². The second-order valence-electron chi connectivity index (χ2n) is 4.95. The number of hydrogen-bond acceptors (Lipinski definition) is 6. The van der Waals surface area contributed by atoms with Crippen molar-refractivity contribution < 1.29 is 9.59 Å². The molecule has 0 bridgehead atoms. The van der Waals surface area contributed by atoms with Gasteiger partial charge in [0.1, 0.15) is 5.01 Å². The number of carbonyl (C=O) groups excluding carboxylic acids is 2. The normalized spacial score (nSPS) is 10.7. The Labute approximate surface area is 157 Å². The van der Waals surface area contributed by atoms with E-state index < -0.39 is 11.8 Å². The molecule has 1 aromatic heterocycles. The fourth-order valence-electron chi connectivity index (χ4n) is 1.92. The Morgan fingerprint density at radius 1 is 1.00 bits per heavy atom. The zero-order valence-corrected chi connectivity index (χ0v) is 14.8. The van der Waals surface area contributed by atoms with Crippen LogP contribution in [0.5, 0.6) is 0 Å². The third-order valence-corrected chi connectivity index (χ3v) is 4.38. The highest BCUT2D eigenvalue weighted by molar-refractivity contribution is 7.18. The van der Waals surface area contributed by atoms with E-state index in [1.54, 1.807) is 24.3 Å². The highest BCUT2D eigenvalue weighted by Crippen LogP contribution is 2.25. The van der Waals surface area contributed by atoms with Crippen molar-refractivity contribution in [2.24, 2.45) is 5.10 Å². The molecule has 0 saturated carbocycles. The summed E-state index contributed by atoms with van der Waals surface area (Å²) in [7, 11) is 0. The number of carbonyl (C=O) groups is 2. The quantitative estimate of drug-likeness (QED) is 0.410. The third kappa shape index (κ3) is 4.50. The van der Waals surface area contributed by atoms with Gasteiger partial charge in [0, 0.05) is 16.1 Å². The van der Waals surface area contributed by atoms with Crippen LogP contribution in [-0.2, 0) is 9.59 Å². The zero-order chi connectivity index (χ0) is 18.4. The van der Waals surface area contributed by atoms with Gasteiger partial charge in [-0.1, -0.05) is 71.5 Å². The predicted octanol–water partition coefficient (Wildman–Crippen LogP) is 2.95. The van der Waals surface area contributed by atoms with Crippen molar-refractivity contribution in [1.82, 2.24) is 15.6 Å². The summed E-state index contributed by atoms with van der Waals surface area (Å²) in [6, 6.07) is 16.4. The molecular formula is C17H12ClN5O2S. The van der Waals surface area contributed by atoms with E-state index in [2.05, 4.69) is 26.0 Å². The van der Waals surface area contributed by atoms with Crippen LogP contribution in [0.15, 0.2) is 59.7 Å². The van der Waals surface area contributed by atoms with E-state index in [4.69, 9.17) is 11.6 Å². The van der Waals surface area contributed by atoms with Crippen molar-refractivity contribution >= 4 is 46.1 Å². The first-order chi connectivity index (χ1) is 12.6. The van der Waals surface area contributed by atoms with Crippen LogP contribution >= 0.6 is 22.9 Å². The highest BCUT2D eigenvalue weighted by atomic mass is 35.5. The summed E-state index contributed by atoms with van der Waals surface area (Å²) in [6.07, 6.45) is 1.35. The lowest BCUT2D eigenvalue weighted by Crippen LogP contribution is -2.32. The Morgan fingerprint density at radius 3 is 2.50 bits per heavy atom. The molecule has 0 atom stereocenters. The predicted molar refractivity (Wildman–Crippen MR) is 101 cm³/mol. The molecule has 2 N–H and O–H groups in total. The molecule has 0 saturated heterocycles. The Bertz CT molecular complexity index is 959. The fraction of sp³-hybridized carbons (Fsp3) is 0. The lowest BCUT2D eigenvalue weighted by atomic mass is 10.2. The topological polar surface area (TPSA) is 96.3 Å². The van der Waals surface area contributed by atoms with Gasteiger partial charge in [-0.2, -0.15) is 5.10 Å². The molecule has 0 aliphatic heterocycles. The van der Waals surface area contributed by atoms with Crippen molar-refractivity contribution in [2.75, 3.05) is 5.32 Å². The molecular weight excluding hydrogens is 374 g/mol. The van der Waals surface area contributed by atoms with Crippen LogP contribution in [0.1, 0.15) is 5.56 Å². The lowest BCUT2D eigenvalue weighted by Gasteiger charge is -2.00. The third-order valence-electron chi connectivity index (χ3n) is 3.15. The van der Waals surface area contributed by atoms with Crippen molar-refractivity contribution in [3.8, 4) is 10.6 Å². The highest BCUT2D eigenvalue weighted by Gasteiger charge is 2.16. The van der Waals surface area contributed by atoms with Crippen molar-refractivity contribution in [2.45, 2.75) is 0 Å². The van der Waals surface area contributed by atoms with Gasteiger partial charge in [-0.3, -0.25) is 14.9 Å². The number of halogens is 1. The molecule has 1 heterocycles. The minimum Gasteiger partial charge on any atom is -0.292 e. The number of aromatic nitrogens is 2. The maximum atomic E-state index is 11.9. The largest absolute Gasteiger partial charge is 0.329 e. The monoisotopic (exact) mass is 385 g/mol. The molecule has 0 radical (unpaired) electrons. The molecule has 3 aromatic rings. The maximum Gasteiger partial charge on any atom is 0.329 e. The standard InChI is InChI=1S/C17H12ClN5O2S/c18-13-9-5-4-8-12(13)10-19-21-15(25)14(24)20-17-23-22-16(26-17)11-6-2-1-3-7-11/h1-10H,(H,21,25)(H,20,23,24)/b19-10+. The average molecular weight is 386 g/mol. The summed E-state index contributed by atoms with van der Waals surface area (Å²) in [6.45, 7) is 0. The first-order valence-electron chi connectivity index (χ1n) is 7.41. The molecule has 0 aliphatic carbocycles. The number of nitrogens with one attached hydrogen (secondary N) is 2. The summed E-state index contributed by atoms with van der Waals surface area (Å²) in [5, 5.41) is 15.3. The number of amides is 2. The maximum absolute atomic E-state index is 11.9. The number of hydrazone groups is 1. The van der Waals surface area contributed by atoms with E-state index in [1.165, 1.54) is 6.21 Å². The number of anilines is 1. The number of nitrogens with zero attached hydrogens (tertiary/aromatic N) is 3. The van der Waals surface area contributed by atoms with Gasteiger partial charge in [0.2, 0.25) is 5.13 Å². The van der Waals surface area contributed by atoms with E-state index in [9.17, 15) is 9.59 Å². The summed E-state index contributed by atoms with van der Waals surface area (Å²) < 4.78 is 0. The molecule has 2 amide bonds. The van der Waals surface area contributed by atoms with E-state index in [0.717, 1.165) is 16.9 Å². The minimum atomic E-state index is -0.926. The molecule has 0 fully saturated rings. The number of rotatable bonds is 4. The summed E-state index contributed by atoms with van der Waals surface area (Å²) >= 11 is 7.13. The van der Waals surface area contributed by atoms with Crippen molar-refractivity contribution in [1.29, 1.82) is 0 Å². The van der Waals surface area contributed by atoms with Gasteiger partial charge in [-0.25, -0.2) is 5.43 Å². The van der Waals surface area contributed by atoms with Crippen LogP contribution in [0.25, 0.3) is 10.6 Å². The van der Waals surface area contributed by atoms with Gasteiger partial charge in [0.15, 0.2) is 0 Å². The Hall–Kier alpha value is -3.10. The SMILES string of the molecule is O=C(N/N=C/c1ccccc1Cl)C(=O)Nc1nnc(-c2ccccc2)s1. The van der Waals surface area contributed by atoms with E-state index >= 15 is 0 Å². The first-order valence-corrected chi connectivity index (χ1v) is 8.61. The van der Waals surface area contributed by atoms with Crippen LogP contribution in [0.3, 0.4) is 0 Å². The van der Waals surface area contributed by atoms with Crippen LogP contribution in [0, 0.1) is 0 Å². The van der Waals surface area contributed by atoms with Crippen LogP contribution < -0.4 is 10.7 Å². The van der Waals surface area contributed by atoms with Gasteiger partial charge in [0.25, 0.3) is 0 Å². The molecule has 2 aromatic carbocycles. The van der Waals surface area contributed by atoms with Crippen LogP contribution in [-0.4, -0.2) is 28.2 Å².